The van der Waals surface area contributed by atoms with E-state index in [9.17, 15) is 13.2 Å². The van der Waals surface area contributed by atoms with Crippen molar-refractivity contribution in [2.24, 2.45) is 5.14 Å². The van der Waals surface area contributed by atoms with Crippen LogP contribution in [-0.2, 0) is 16.4 Å². The van der Waals surface area contributed by atoms with E-state index in [-0.39, 0.29) is 10.8 Å². The van der Waals surface area contributed by atoms with Gasteiger partial charge in [0.05, 0.1) is 15.9 Å². The maximum atomic E-state index is 12.4. The fourth-order valence-electron chi connectivity index (χ4n) is 3.21. The zero-order chi connectivity index (χ0) is 21.1. The van der Waals surface area contributed by atoms with Crippen molar-refractivity contribution in [3.05, 3.63) is 90.3 Å². The molecule has 0 saturated heterocycles. The molecule has 4 aromatic rings. The fraction of sp³-hybridized carbons (Fsp3) is 0.0909. The molecule has 8 heteroatoms. The van der Waals surface area contributed by atoms with E-state index in [1.54, 1.807) is 30.6 Å². The third-order valence-corrected chi connectivity index (χ3v) is 5.74. The van der Waals surface area contributed by atoms with Gasteiger partial charge in [0.15, 0.2) is 0 Å². The summed E-state index contributed by atoms with van der Waals surface area (Å²) >= 11 is 0. The molecular weight excluding hydrogens is 400 g/mol. The normalized spacial score (nSPS) is 11.5. The molecule has 0 unspecified atom stereocenters. The number of aromatic nitrogens is 2. The van der Waals surface area contributed by atoms with Crippen LogP contribution < -0.4 is 10.5 Å². The van der Waals surface area contributed by atoms with Crippen LogP contribution >= 0.6 is 0 Å². The van der Waals surface area contributed by atoms with Crippen molar-refractivity contribution < 1.29 is 13.2 Å². The summed E-state index contributed by atoms with van der Waals surface area (Å²) in [6, 6.07) is 21.5. The molecule has 0 atom stereocenters. The van der Waals surface area contributed by atoms with Gasteiger partial charge in [-0.2, -0.15) is 0 Å². The van der Waals surface area contributed by atoms with Gasteiger partial charge >= 0.3 is 0 Å². The van der Waals surface area contributed by atoms with Crippen LogP contribution in [0.3, 0.4) is 0 Å². The number of sulfonamides is 1. The minimum absolute atomic E-state index is 0.0704. The van der Waals surface area contributed by atoms with E-state index in [4.69, 9.17) is 5.14 Å². The van der Waals surface area contributed by atoms with E-state index in [1.807, 2.05) is 41.0 Å². The number of carbonyl (C=O) groups excluding carboxylic acids is 1. The number of carbonyl (C=O) groups is 1. The molecule has 0 aliphatic heterocycles. The van der Waals surface area contributed by atoms with Crippen molar-refractivity contribution in [3.63, 3.8) is 0 Å². The smallest absolute Gasteiger partial charge is 0.251 e. The third kappa shape index (κ3) is 4.24. The summed E-state index contributed by atoms with van der Waals surface area (Å²) in [6.07, 6.45) is 2.34. The minimum Gasteiger partial charge on any atom is -0.352 e. The first kappa shape index (κ1) is 19.8. The molecule has 0 spiro atoms. The molecule has 1 heterocycles. The van der Waals surface area contributed by atoms with Crippen LogP contribution in [0.5, 0.6) is 0 Å². The molecule has 30 heavy (non-hydrogen) atoms. The van der Waals surface area contributed by atoms with Crippen LogP contribution in [0.15, 0.2) is 84.0 Å². The topological polar surface area (TPSA) is 107 Å². The number of rotatable bonds is 6. The summed E-state index contributed by atoms with van der Waals surface area (Å²) < 4.78 is 24.5. The number of benzene rings is 3. The Bertz CT molecular complexity index is 1290. The number of hydrogen-bond acceptors (Lipinski definition) is 4. The zero-order valence-electron chi connectivity index (χ0n) is 16.0. The summed E-state index contributed by atoms with van der Waals surface area (Å²) in [4.78, 5) is 16.9. The standard InChI is InChI=1S/C22H20N4O3S/c23-30(28,29)19-11-5-16(6-12-19)13-14-24-22(27)17-7-9-18(10-8-17)26-15-25-20-3-1-2-4-21(20)26/h1-12,15H,13-14H2,(H,24,27)(H2,23,28,29). The largest absolute Gasteiger partial charge is 0.352 e. The van der Waals surface area contributed by atoms with E-state index in [1.165, 1.54) is 12.1 Å². The van der Waals surface area contributed by atoms with Crippen molar-refractivity contribution in [1.29, 1.82) is 0 Å². The quantitative estimate of drug-likeness (QED) is 0.500. The molecule has 1 aromatic heterocycles. The van der Waals surface area contributed by atoms with Gasteiger partial charge in [-0.1, -0.05) is 24.3 Å². The number of amides is 1. The zero-order valence-corrected chi connectivity index (χ0v) is 16.8. The monoisotopic (exact) mass is 420 g/mol. The number of nitrogens with two attached hydrogens (primary N) is 1. The van der Waals surface area contributed by atoms with Crippen molar-refractivity contribution in [2.45, 2.75) is 11.3 Å². The fourth-order valence-corrected chi connectivity index (χ4v) is 3.72. The molecule has 0 radical (unpaired) electrons. The van der Waals surface area contributed by atoms with Crippen LogP contribution in [0.2, 0.25) is 0 Å². The van der Waals surface area contributed by atoms with Crippen LogP contribution in [0.25, 0.3) is 16.7 Å². The third-order valence-electron chi connectivity index (χ3n) is 4.81. The van der Waals surface area contributed by atoms with Gasteiger partial charge in [-0.25, -0.2) is 18.5 Å². The van der Waals surface area contributed by atoms with E-state index in [0.29, 0.717) is 18.5 Å². The molecule has 0 aliphatic carbocycles. The van der Waals surface area contributed by atoms with E-state index in [0.717, 1.165) is 22.3 Å². The summed E-state index contributed by atoms with van der Waals surface area (Å²) in [5.74, 6) is -0.168. The molecule has 0 saturated carbocycles. The van der Waals surface area contributed by atoms with Gasteiger partial charge in [0.25, 0.3) is 5.91 Å². The van der Waals surface area contributed by atoms with Gasteiger partial charge in [0.2, 0.25) is 10.0 Å². The van der Waals surface area contributed by atoms with Crippen LogP contribution in [-0.4, -0.2) is 30.4 Å². The average molecular weight is 420 g/mol. The van der Waals surface area contributed by atoms with Crippen molar-refractivity contribution in [2.75, 3.05) is 6.54 Å². The van der Waals surface area contributed by atoms with E-state index >= 15 is 0 Å². The highest BCUT2D eigenvalue weighted by Gasteiger charge is 2.09. The molecule has 0 aliphatic rings. The lowest BCUT2D eigenvalue weighted by molar-refractivity contribution is 0.0954. The molecule has 3 aromatic carbocycles. The maximum Gasteiger partial charge on any atom is 0.251 e. The van der Waals surface area contributed by atoms with Gasteiger partial charge in [-0.15, -0.1) is 0 Å². The molecular formula is C22H20N4O3S. The second-order valence-electron chi connectivity index (χ2n) is 6.85. The van der Waals surface area contributed by atoms with Crippen LogP contribution in [0.4, 0.5) is 0 Å². The van der Waals surface area contributed by atoms with Gasteiger partial charge < -0.3 is 5.32 Å². The number of para-hydroxylation sites is 2. The average Bonchev–Trinajstić information content (AvgIpc) is 3.18. The Hall–Kier alpha value is -3.49. The second kappa shape index (κ2) is 8.10. The Morgan fingerprint density at radius 1 is 0.967 bits per heavy atom. The highest BCUT2D eigenvalue weighted by Crippen LogP contribution is 2.18. The number of primary sulfonamides is 1. The van der Waals surface area contributed by atoms with Crippen LogP contribution in [0, 0.1) is 0 Å². The lowest BCUT2D eigenvalue weighted by atomic mass is 10.1. The Balaban J connectivity index is 1.37. The van der Waals surface area contributed by atoms with Gasteiger partial charge in [-0.3, -0.25) is 9.36 Å². The predicted molar refractivity (Wildman–Crippen MR) is 115 cm³/mol. The van der Waals surface area contributed by atoms with Crippen LogP contribution in [0.1, 0.15) is 15.9 Å². The molecule has 7 nitrogen and oxygen atoms in total. The van der Waals surface area contributed by atoms with Gasteiger partial charge in [0, 0.05) is 17.8 Å². The van der Waals surface area contributed by atoms with E-state index in [2.05, 4.69) is 10.3 Å². The van der Waals surface area contributed by atoms with Crippen molar-refractivity contribution >= 4 is 27.0 Å². The summed E-state index contributed by atoms with van der Waals surface area (Å²) in [6.45, 7) is 0.432. The lowest BCUT2D eigenvalue weighted by Gasteiger charge is -2.08. The number of fused-ring (bicyclic) bond motifs is 1. The second-order valence-corrected chi connectivity index (χ2v) is 8.41. The Kier molecular flexibility index (Phi) is 5.35. The van der Waals surface area contributed by atoms with E-state index < -0.39 is 10.0 Å². The Morgan fingerprint density at radius 3 is 2.37 bits per heavy atom. The minimum atomic E-state index is -3.70. The number of nitrogens with zero attached hydrogens (tertiary/aromatic N) is 2. The van der Waals surface area contributed by atoms with Gasteiger partial charge in [0.1, 0.15) is 6.33 Å². The highest BCUT2D eigenvalue weighted by atomic mass is 32.2. The highest BCUT2D eigenvalue weighted by molar-refractivity contribution is 7.89. The summed E-state index contributed by atoms with van der Waals surface area (Å²) in [7, 11) is -3.70. The lowest BCUT2D eigenvalue weighted by Crippen LogP contribution is -2.25. The molecule has 4 rings (SSSR count). The first-order chi connectivity index (χ1) is 14.4. The first-order valence-electron chi connectivity index (χ1n) is 9.34. The molecule has 0 fully saturated rings. The molecule has 1 amide bonds. The molecule has 152 valence electrons. The van der Waals surface area contributed by atoms with Crippen molar-refractivity contribution in [1.82, 2.24) is 14.9 Å². The maximum absolute atomic E-state index is 12.4. The number of nitrogens with one attached hydrogen (secondary N) is 1. The first-order valence-corrected chi connectivity index (χ1v) is 10.9. The molecule has 3 N–H and O–H groups in total. The number of imidazole rings is 1. The Labute approximate surface area is 174 Å². The SMILES string of the molecule is NS(=O)(=O)c1ccc(CCNC(=O)c2ccc(-n3cnc4ccccc43)cc2)cc1. The summed E-state index contributed by atoms with van der Waals surface area (Å²) in [5.41, 5.74) is 4.31. The predicted octanol–water partition coefficient (Wildman–Crippen LogP) is 2.65. The van der Waals surface area contributed by atoms with Gasteiger partial charge in [-0.05, 0) is 60.5 Å². The number of hydrogen-bond donors (Lipinski definition) is 2. The van der Waals surface area contributed by atoms with Crippen molar-refractivity contribution in [3.8, 4) is 5.69 Å². The Morgan fingerprint density at radius 2 is 1.67 bits per heavy atom. The summed E-state index contributed by atoms with van der Waals surface area (Å²) in [5, 5.41) is 7.97. The molecule has 0 bridgehead atoms.